The SMILES string of the molecule is OC1CC2(C=CC=CC2)Oc2ccc3c(F)cccc3c21. The number of aliphatic hydroxyl groups excluding tert-OH is 1. The summed E-state index contributed by atoms with van der Waals surface area (Å²) < 4.78 is 20.0. The van der Waals surface area contributed by atoms with Crippen LogP contribution in [0.2, 0.25) is 0 Å². The number of hydrogen-bond acceptors (Lipinski definition) is 2. The number of ether oxygens (including phenoxy) is 1. The summed E-state index contributed by atoms with van der Waals surface area (Å²) in [5.41, 5.74) is 0.211. The molecule has 1 N–H and O–H groups in total. The summed E-state index contributed by atoms with van der Waals surface area (Å²) in [6.45, 7) is 0. The Labute approximate surface area is 122 Å². The first-order chi connectivity index (χ1) is 10.2. The van der Waals surface area contributed by atoms with E-state index in [2.05, 4.69) is 0 Å². The van der Waals surface area contributed by atoms with Gasteiger partial charge in [-0.1, -0.05) is 30.4 Å². The van der Waals surface area contributed by atoms with E-state index < -0.39 is 11.7 Å². The fourth-order valence-electron chi connectivity index (χ4n) is 3.32. The summed E-state index contributed by atoms with van der Waals surface area (Å²) in [7, 11) is 0. The lowest BCUT2D eigenvalue weighted by Crippen LogP contribution is -2.39. The van der Waals surface area contributed by atoms with Gasteiger partial charge in [-0.3, -0.25) is 0 Å². The van der Waals surface area contributed by atoms with E-state index in [0.29, 0.717) is 23.1 Å². The maximum absolute atomic E-state index is 13.9. The molecule has 3 heteroatoms. The lowest BCUT2D eigenvalue weighted by atomic mass is 9.83. The van der Waals surface area contributed by atoms with Gasteiger partial charge in [-0.15, -0.1) is 0 Å². The Morgan fingerprint density at radius 3 is 2.86 bits per heavy atom. The minimum atomic E-state index is -0.657. The monoisotopic (exact) mass is 282 g/mol. The van der Waals surface area contributed by atoms with Crippen LogP contribution in [0.15, 0.2) is 54.6 Å². The molecule has 1 spiro atoms. The Kier molecular flexibility index (Phi) is 2.66. The first-order valence-electron chi connectivity index (χ1n) is 7.11. The van der Waals surface area contributed by atoms with Gasteiger partial charge in [0, 0.05) is 23.8 Å². The van der Waals surface area contributed by atoms with E-state index in [1.807, 2.05) is 30.4 Å². The number of allylic oxidation sites excluding steroid dienone is 2. The lowest BCUT2D eigenvalue weighted by Gasteiger charge is -2.39. The van der Waals surface area contributed by atoms with Gasteiger partial charge in [0.25, 0.3) is 0 Å². The molecule has 0 aromatic heterocycles. The normalized spacial score (nSPS) is 26.9. The smallest absolute Gasteiger partial charge is 0.134 e. The molecule has 0 fully saturated rings. The standard InChI is InChI=1S/C18H15FO2/c19-14-6-4-5-13-12(14)7-8-16-17(13)15(20)11-18(21-16)9-2-1-3-10-18/h1-9,15,20H,10-11H2. The number of rotatable bonds is 0. The van der Waals surface area contributed by atoms with Gasteiger partial charge < -0.3 is 9.84 Å². The van der Waals surface area contributed by atoms with E-state index in [0.717, 1.165) is 11.8 Å². The van der Waals surface area contributed by atoms with E-state index in [-0.39, 0.29) is 5.82 Å². The average Bonchev–Trinajstić information content (AvgIpc) is 2.47. The van der Waals surface area contributed by atoms with Crippen molar-refractivity contribution in [2.75, 3.05) is 0 Å². The molecule has 0 saturated carbocycles. The molecule has 106 valence electrons. The van der Waals surface area contributed by atoms with Crippen LogP contribution in [0.1, 0.15) is 24.5 Å². The van der Waals surface area contributed by atoms with Crippen molar-refractivity contribution >= 4 is 10.8 Å². The molecule has 2 aliphatic rings. The van der Waals surface area contributed by atoms with E-state index in [4.69, 9.17) is 4.74 Å². The molecule has 2 aromatic carbocycles. The highest BCUT2D eigenvalue weighted by atomic mass is 19.1. The maximum Gasteiger partial charge on any atom is 0.134 e. The molecule has 0 bridgehead atoms. The zero-order chi connectivity index (χ0) is 14.4. The molecule has 2 unspecified atom stereocenters. The van der Waals surface area contributed by atoms with Crippen LogP contribution in [-0.4, -0.2) is 10.7 Å². The van der Waals surface area contributed by atoms with Gasteiger partial charge in [0.2, 0.25) is 0 Å². The second-order valence-corrected chi connectivity index (χ2v) is 5.69. The lowest BCUT2D eigenvalue weighted by molar-refractivity contribution is 0.0209. The summed E-state index contributed by atoms with van der Waals surface area (Å²) >= 11 is 0. The zero-order valence-corrected chi connectivity index (χ0v) is 11.4. The van der Waals surface area contributed by atoms with E-state index in [1.165, 1.54) is 6.07 Å². The van der Waals surface area contributed by atoms with E-state index in [9.17, 15) is 9.50 Å². The highest BCUT2D eigenvalue weighted by Crippen LogP contribution is 2.46. The summed E-state index contributed by atoms with van der Waals surface area (Å²) in [5, 5.41) is 11.9. The van der Waals surface area contributed by atoms with Crippen molar-refractivity contribution < 1.29 is 14.2 Å². The third kappa shape index (κ3) is 1.88. The van der Waals surface area contributed by atoms with Crippen molar-refractivity contribution in [1.29, 1.82) is 0 Å². The van der Waals surface area contributed by atoms with Crippen LogP contribution in [0.4, 0.5) is 4.39 Å². The van der Waals surface area contributed by atoms with Gasteiger partial charge in [0.05, 0.1) is 6.10 Å². The molecule has 0 saturated heterocycles. The summed E-state index contributed by atoms with van der Waals surface area (Å²) in [5.74, 6) is 0.370. The van der Waals surface area contributed by atoms with Crippen molar-refractivity contribution in [1.82, 2.24) is 0 Å². The highest BCUT2D eigenvalue weighted by Gasteiger charge is 2.39. The number of aliphatic hydroxyl groups is 1. The van der Waals surface area contributed by atoms with Crippen molar-refractivity contribution in [2.24, 2.45) is 0 Å². The molecule has 1 heterocycles. The summed E-state index contributed by atoms with van der Waals surface area (Å²) in [6, 6.07) is 8.41. The number of halogens is 1. The summed E-state index contributed by atoms with van der Waals surface area (Å²) in [4.78, 5) is 0. The maximum atomic E-state index is 13.9. The number of fused-ring (bicyclic) bond motifs is 3. The third-order valence-corrected chi connectivity index (χ3v) is 4.31. The molecule has 1 aliphatic carbocycles. The quantitative estimate of drug-likeness (QED) is 0.790. The number of benzene rings is 2. The first kappa shape index (κ1) is 12.6. The first-order valence-corrected chi connectivity index (χ1v) is 7.11. The minimum Gasteiger partial charge on any atom is -0.482 e. The van der Waals surface area contributed by atoms with Crippen molar-refractivity contribution in [3.05, 3.63) is 66.0 Å². The van der Waals surface area contributed by atoms with Crippen LogP contribution in [-0.2, 0) is 0 Å². The van der Waals surface area contributed by atoms with Gasteiger partial charge in [-0.05, 0) is 29.7 Å². The predicted molar refractivity (Wildman–Crippen MR) is 79.7 cm³/mol. The fraction of sp³-hybridized carbons (Fsp3) is 0.222. The Morgan fingerprint density at radius 1 is 1.14 bits per heavy atom. The fourth-order valence-corrected chi connectivity index (χ4v) is 3.32. The summed E-state index contributed by atoms with van der Waals surface area (Å²) in [6.07, 6.45) is 8.52. The van der Waals surface area contributed by atoms with E-state index in [1.54, 1.807) is 18.2 Å². The topological polar surface area (TPSA) is 29.5 Å². The third-order valence-electron chi connectivity index (χ3n) is 4.31. The Balaban J connectivity index is 1.89. The molecule has 0 amide bonds. The van der Waals surface area contributed by atoms with Crippen LogP contribution in [0, 0.1) is 5.82 Å². The minimum absolute atomic E-state index is 0.275. The second-order valence-electron chi connectivity index (χ2n) is 5.69. The van der Waals surface area contributed by atoms with Crippen LogP contribution < -0.4 is 4.74 Å². The second kappa shape index (κ2) is 4.43. The van der Waals surface area contributed by atoms with Crippen LogP contribution in [0.3, 0.4) is 0 Å². The van der Waals surface area contributed by atoms with Crippen LogP contribution in [0.25, 0.3) is 10.8 Å². The molecule has 0 radical (unpaired) electrons. The van der Waals surface area contributed by atoms with Crippen molar-refractivity contribution in [3.63, 3.8) is 0 Å². The largest absolute Gasteiger partial charge is 0.482 e. The Morgan fingerprint density at radius 2 is 2.05 bits per heavy atom. The molecule has 4 rings (SSSR count). The number of hydrogen-bond donors (Lipinski definition) is 1. The van der Waals surface area contributed by atoms with Crippen LogP contribution >= 0.6 is 0 Å². The molecule has 2 atom stereocenters. The van der Waals surface area contributed by atoms with Crippen molar-refractivity contribution in [3.8, 4) is 5.75 Å². The Hall–Kier alpha value is -2.13. The molecule has 21 heavy (non-hydrogen) atoms. The van der Waals surface area contributed by atoms with Crippen LogP contribution in [0.5, 0.6) is 5.75 Å². The van der Waals surface area contributed by atoms with Gasteiger partial charge >= 0.3 is 0 Å². The average molecular weight is 282 g/mol. The highest BCUT2D eigenvalue weighted by molar-refractivity contribution is 5.89. The van der Waals surface area contributed by atoms with Crippen molar-refractivity contribution in [2.45, 2.75) is 24.5 Å². The van der Waals surface area contributed by atoms with Gasteiger partial charge in [0.1, 0.15) is 17.2 Å². The Bertz CT molecular complexity index is 778. The van der Waals surface area contributed by atoms with Gasteiger partial charge in [0.15, 0.2) is 0 Å². The molecule has 2 nitrogen and oxygen atoms in total. The predicted octanol–water partition coefficient (Wildman–Crippen LogP) is 4.05. The molecular weight excluding hydrogens is 267 g/mol. The molecule has 2 aromatic rings. The molecular formula is C18H15FO2. The van der Waals surface area contributed by atoms with Gasteiger partial charge in [-0.25, -0.2) is 4.39 Å². The van der Waals surface area contributed by atoms with E-state index >= 15 is 0 Å². The van der Waals surface area contributed by atoms with Gasteiger partial charge in [-0.2, -0.15) is 0 Å². The molecule has 1 aliphatic heterocycles. The zero-order valence-electron chi connectivity index (χ0n) is 11.4.